The van der Waals surface area contributed by atoms with Gasteiger partial charge in [-0.3, -0.25) is 10.1 Å². The number of hydrogen-bond donors (Lipinski definition) is 0. The van der Waals surface area contributed by atoms with E-state index in [1.54, 1.807) is 12.1 Å². The SMILES string of the molecule is [CH2]C(C)(C)Cc1ccccc1[N+](=O)[O-]. The third kappa shape index (κ3) is 2.83. The lowest BCUT2D eigenvalue weighted by molar-refractivity contribution is -0.385. The van der Waals surface area contributed by atoms with Gasteiger partial charge in [0.15, 0.2) is 0 Å². The van der Waals surface area contributed by atoms with Gasteiger partial charge in [0.2, 0.25) is 0 Å². The summed E-state index contributed by atoms with van der Waals surface area (Å²) in [6, 6.07) is 6.80. The fraction of sp³-hybridized carbons (Fsp3) is 0.364. The van der Waals surface area contributed by atoms with E-state index < -0.39 is 0 Å². The lowest BCUT2D eigenvalue weighted by Gasteiger charge is -2.17. The number of benzene rings is 1. The van der Waals surface area contributed by atoms with Crippen molar-refractivity contribution in [2.45, 2.75) is 20.3 Å². The Morgan fingerprint density at radius 3 is 2.50 bits per heavy atom. The van der Waals surface area contributed by atoms with Gasteiger partial charge in [0.05, 0.1) is 4.92 Å². The maximum atomic E-state index is 10.7. The Morgan fingerprint density at radius 1 is 1.43 bits per heavy atom. The predicted molar refractivity (Wildman–Crippen MR) is 55.9 cm³/mol. The van der Waals surface area contributed by atoms with Crippen molar-refractivity contribution in [1.29, 1.82) is 0 Å². The second kappa shape index (κ2) is 3.78. The minimum absolute atomic E-state index is 0.174. The number of hydrogen-bond acceptors (Lipinski definition) is 2. The Morgan fingerprint density at radius 2 is 2.00 bits per heavy atom. The van der Waals surface area contributed by atoms with Crippen molar-refractivity contribution >= 4 is 5.69 Å². The first-order valence-corrected chi connectivity index (χ1v) is 4.48. The Kier molecular flexibility index (Phi) is 2.89. The van der Waals surface area contributed by atoms with Crippen LogP contribution in [-0.2, 0) is 6.42 Å². The van der Waals surface area contributed by atoms with E-state index in [0.717, 1.165) is 5.56 Å². The van der Waals surface area contributed by atoms with E-state index in [0.29, 0.717) is 6.42 Å². The highest BCUT2D eigenvalue weighted by Crippen LogP contribution is 2.26. The molecular formula is C11H14NO2. The number of nitro benzene ring substituents is 1. The Labute approximate surface area is 83.9 Å². The second-order valence-corrected chi connectivity index (χ2v) is 4.23. The normalized spacial score (nSPS) is 11.4. The van der Waals surface area contributed by atoms with Gasteiger partial charge in [0.1, 0.15) is 0 Å². The molecule has 0 saturated carbocycles. The monoisotopic (exact) mass is 192 g/mol. The standard InChI is InChI=1S/C11H14NO2/c1-11(2,3)8-9-6-4-5-7-10(9)12(13)14/h4-7H,1,8H2,2-3H3. The largest absolute Gasteiger partial charge is 0.272 e. The zero-order valence-corrected chi connectivity index (χ0v) is 8.49. The van der Waals surface area contributed by atoms with Crippen LogP contribution in [0.25, 0.3) is 0 Å². The first kappa shape index (κ1) is 10.7. The Balaban J connectivity index is 3.02. The van der Waals surface area contributed by atoms with Gasteiger partial charge in [-0.15, -0.1) is 0 Å². The zero-order chi connectivity index (χ0) is 10.8. The third-order valence-corrected chi connectivity index (χ3v) is 1.86. The first-order valence-electron chi connectivity index (χ1n) is 4.48. The zero-order valence-electron chi connectivity index (χ0n) is 8.49. The van der Waals surface area contributed by atoms with Crippen LogP contribution < -0.4 is 0 Å². The van der Waals surface area contributed by atoms with Crippen molar-refractivity contribution in [3.8, 4) is 0 Å². The number of rotatable bonds is 3. The quantitative estimate of drug-likeness (QED) is 0.545. The van der Waals surface area contributed by atoms with Gasteiger partial charge in [0, 0.05) is 11.6 Å². The lowest BCUT2D eigenvalue weighted by atomic mass is 9.87. The maximum Gasteiger partial charge on any atom is 0.272 e. The van der Waals surface area contributed by atoms with Crippen molar-refractivity contribution in [1.82, 2.24) is 0 Å². The molecule has 0 unspecified atom stereocenters. The molecular weight excluding hydrogens is 178 g/mol. The summed E-state index contributed by atoms with van der Waals surface area (Å²) in [4.78, 5) is 10.3. The molecule has 1 radical (unpaired) electrons. The summed E-state index contributed by atoms with van der Waals surface area (Å²) >= 11 is 0. The van der Waals surface area contributed by atoms with Crippen molar-refractivity contribution in [2.24, 2.45) is 5.41 Å². The molecule has 0 heterocycles. The molecule has 0 saturated heterocycles. The molecule has 0 aliphatic rings. The molecule has 0 aromatic heterocycles. The molecule has 0 aliphatic heterocycles. The van der Waals surface area contributed by atoms with Gasteiger partial charge in [-0.25, -0.2) is 0 Å². The summed E-state index contributed by atoms with van der Waals surface area (Å²) in [6.45, 7) is 7.87. The van der Waals surface area contributed by atoms with E-state index in [1.807, 2.05) is 19.9 Å². The summed E-state index contributed by atoms with van der Waals surface area (Å²) in [5, 5.41) is 10.7. The van der Waals surface area contributed by atoms with Crippen LogP contribution >= 0.6 is 0 Å². The van der Waals surface area contributed by atoms with Crippen LogP contribution in [0.4, 0.5) is 5.69 Å². The van der Waals surface area contributed by atoms with Crippen LogP contribution in [0.1, 0.15) is 19.4 Å². The van der Waals surface area contributed by atoms with E-state index in [9.17, 15) is 10.1 Å². The molecule has 0 N–H and O–H groups in total. The molecule has 0 aliphatic carbocycles. The van der Waals surface area contributed by atoms with E-state index in [4.69, 9.17) is 0 Å². The molecule has 75 valence electrons. The van der Waals surface area contributed by atoms with Crippen LogP contribution in [0.15, 0.2) is 24.3 Å². The molecule has 0 spiro atoms. The van der Waals surface area contributed by atoms with Gasteiger partial charge in [-0.05, 0) is 18.8 Å². The highest BCUT2D eigenvalue weighted by molar-refractivity contribution is 5.40. The summed E-state index contributed by atoms with van der Waals surface area (Å²) in [5.74, 6) is 0. The molecule has 1 rings (SSSR count). The molecule has 14 heavy (non-hydrogen) atoms. The van der Waals surface area contributed by atoms with Crippen molar-refractivity contribution in [3.05, 3.63) is 46.9 Å². The molecule has 0 atom stereocenters. The highest BCUT2D eigenvalue weighted by Gasteiger charge is 2.18. The summed E-state index contributed by atoms with van der Waals surface area (Å²) in [7, 11) is 0. The smallest absolute Gasteiger partial charge is 0.258 e. The van der Waals surface area contributed by atoms with Crippen LogP contribution in [-0.4, -0.2) is 4.92 Å². The highest BCUT2D eigenvalue weighted by atomic mass is 16.6. The summed E-state index contributed by atoms with van der Waals surface area (Å²) in [6.07, 6.45) is 0.615. The number of nitrogens with zero attached hydrogens (tertiary/aromatic N) is 1. The summed E-state index contributed by atoms with van der Waals surface area (Å²) in [5.41, 5.74) is 0.758. The molecule has 3 heteroatoms. The molecule has 0 fully saturated rings. The molecule has 1 aromatic rings. The van der Waals surface area contributed by atoms with Gasteiger partial charge in [-0.1, -0.05) is 32.0 Å². The molecule has 1 aromatic carbocycles. The van der Waals surface area contributed by atoms with Crippen molar-refractivity contribution in [3.63, 3.8) is 0 Å². The third-order valence-electron chi connectivity index (χ3n) is 1.86. The fourth-order valence-corrected chi connectivity index (χ4v) is 1.35. The van der Waals surface area contributed by atoms with E-state index >= 15 is 0 Å². The average molecular weight is 192 g/mol. The first-order chi connectivity index (χ1) is 6.40. The number of nitro groups is 1. The topological polar surface area (TPSA) is 43.1 Å². The van der Waals surface area contributed by atoms with Crippen LogP contribution in [0.2, 0.25) is 0 Å². The molecule has 0 amide bonds. The van der Waals surface area contributed by atoms with Crippen LogP contribution in [0, 0.1) is 22.5 Å². The second-order valence-electron chi connectivity index (χ2n) is 4.23. The summed E-state index contributed by atoms with van der Waals surface area (Å²) < 4.78 is 0. The van der Waals surface area contributed by atoms with Crippen LogP contribution in [0.5, 0.6) is 0 Å². The van der Waals surface area contributed by atoms with Gasteiger partial charge >= 0.3 is 0 Å². The molecule has 3 nitrogen and oxygen atoms in total. The minimum Gasteiger partial charge on any atom is -0.258 e. The van der Waals surface area contributed by atoms with Crippen molar-refractivity contribution < 1.29 is 4.92 Å². The Bertz CT molecular complexity index is 339. The van der Waals surface area contributed by atoms with E-state index in [1.165, 1.54) is 6.07 Å². The fourth-order valence-electron chi connectivity index (χ4n) is 1.35. The molecule has 0 bridgehead atoms. The lowest BCUT2D eigenvalue weighted by Crippen LogP contribution is -2.11. The van der Waals surface area contributed by atoms with Crippen LogP contribution in [0.3, 0.4) is 0 Å². The average Bonchev–Trinajstić information content (AvgIpc) is 2.01. The van der Waals surface area contributed by atoms with Gasteiger partial charge in [0.25, 0.3) is 5.69 Å². The number of para-hydroxylation sites is 1. The van der Waals surface area contributed by atoms with Gasteiger partial charge < -0.3 is 0 Å². The minimum atomic E-state index is -0.346. The Hall–Kier alpha value is -1.38. The predicted octanol–water partition coefficient (Wildman–Crippen LogP) is 3.00. The van der Waals surface area contributed by atoms with Crippen molar-refractivity contribution in [2.75, 3.05) is 0 Å². The van der Waals surface area contributed by atoms with Gasteiger partial charge in [-0.2, -0.15) is 0 Å². The van der Waals surface area contributed by atoms with E-state index in [-0.39, 0.29) is 16.0 Å². The maximum absolute atomic E-state index is 10.7. The van der Waals surface area contributed by atoms with E-state index in [2.05, 4.69) is 6.92 Å².